The molecular formula is C9H18O3Si. The second-order valence-corrected chi connectivity index (χ2v) is 5.26. The maximum absolute atomic E-state index is 11.2. The van der Waals surface area contributed by atoms with Crippen LogP contribution >= 0.6 is 0 Å². The monoisotopic (exact) mass is 202 g/mol. The Labute approximate surface area is 82.3 Å². The molecule has 4 heteroatoms. The third-order valence-electron chi connectivity index (χ3n) is 2.05. The van der Waals surface area contributed by atoms with Gasteiger partial charge >= 0.3 is 0 Å². The fraction of sp³-hybridized carbons (Fsp3) is 0.778. The number of rotatable bonds is 5. The highest BCUT2D eigenvalue weighted by Crippen LogP contribution is 2.11. The molecule has 0 unspecified atom stereocenters. The molecule has 0 atom stereocenters. The van der Waals surface area contributed by atoms with Crippen molar-refractivity contribution in [3.05, 3.63) is 0 Å². The lowest BCUT2D eigenvalue weighted by molar-refractivity contribution is -0.146. The van der Waals surface area contributed by atoms with Crippen molar-refractivity contribution in [1.29, 1.82) is 0 Å². The van der Waals surface area contributed by atoms with Gasteiger partial charge in [0.1, 0.15) is 0 Å². The van der Waals surface area contributed by atoms with Gasteiger partial charge in [-0.2, -0.15) is 0 Å². The number of carbonyl (C=O) groups excluding carboxylic acids is 2. The molecule has 0 aromatic heterocycles. The van der Waals surface area contributed by atoms with E-state index in [1.165, 1.54) is 13.8 Å². The van der Waals surface area contributed by atoms with Crippen molar-refractivity contribution in [1.82, 2.24) is 0 Å². The quantitative estimate of drug-likeness (QED) is 0.462. The number of ketones is 2. The third-order valence-corrected chi connectivity index (χ3v) is 3.75. The van der Waals surface area contributed by atoms with Crippen LogP contribution in [0.1, 0.15) is 27.7 Å². The van der Waals surface area contributed by atoms with Crippen molar-refractivity contribution >= 4 is 21.8 Å². The fourth-order valence-electron chi connectivity index (χ4n) is 0.784. The van der Waals surface area contributed by atoms with Gasteiger partial charge < -0.3 is 4.74 Å². The molecule has 0 spiro atoms. The van der Waals surface area contributed by atoms with Gasteiger partial charge in [0.15, 0.2) is 16.8 Å². The van der Waals surface area contributed by atoms with Gasteiger partial charge in [0.25, 0.3) is 0 Å². The zero-order chi connectivity index (χ0) is 10.6. The van der Waals surface area contributed by atoms with Crippen molar-refractivity contribution in [2.75, 3.05) is 6.61 Å². The number of hydrogen-bond acceptors (Lipinski definition) is 3. The van der Waals surface area contributed by atoms with Gasteiger partial charge in [-0.25, -0.2) is 0 Å². The van der Waals surface area contributed by atoms with Gasteiger partial charge in [-0.1, -0.05) is 13.8 Å². The summed E-state index contributed by atoms with van der Waals surface area (Å²) in [6, 6.07) is 0. The Kier molecular flexibility index (Phi) is 4.50. The molecule has 0 saturated heterocycles. The lowest BCUT2D eigenvalue weighted by atomic mass is 10.1. The number of carbonyl (C=O) groups is 2. The first-order chi connectivity index (χ1) is 5.80. The molecule has 0 aliphatic heterocycles. The summed E-state index contributed by atoms with van der Waals surface area (Å²) in [5, 5.41) is -1.11. The lowest BCUT2D eigenvalue weighted by Gasteiger charge is -2.25. The van der Waals surface area contributed by atoms with Crippen LogP contribution in [-0.2, 0) is 14.3 Å². The molecule has 0 fully saturated rings. The number of ether oxygens (including phenoxy) is 1. The van der Waals surface area contributed by atoms with E-state index in [0.29, 0.717) is 22.8 Å². The standard InChI is InChI=1S/C9H18O3Si/c1-6(2)5-12-9(13,7(3)10)8(4)11/h6H,5H2,1-4,13H3. The Morgan fingerprint density at radius 3 is 1.92 bits per heavy atom. The highest BCUT2D eigenvalue weighted by molar-refractivity contribution is 6.40. The minimum absolute atomic E-state index is 0.174. The van der Waals surface area contributed by atoms with Crippen LogP contribution in [0.3, 0.4) is 0 Å². The normalized spacial score (nSPS) is 12.1. The van der Waals surface area contributed by atoms with Crippen molar-refractivity contribution in [3.8, 4) is 0 Å². The molecule has 76 valence electrons. The summed E-state index contributed by atoms with van der Waals surface area (Å²) in [4.78, 5) is 22.4. The minimum atomic E-state index is -1.11. The molecule has 13 heavy (non-hydrogen) atoms. The summed E-state index contributed by atoms with van der Waals surface area (Å²) in [7, 11) is 0.421. The second kappa shape index (κ2) is 4.67. The Hall–Kier alpha value is -0.483. The Bertz CT molecular complexity index is 197. The van der Waals surface area contributed by atoms with Gasteiger partial charge in [0.05, 0.1) is 16.8 Å². The molecule has 0 amide bonds. The average molecular weight is 202 g/mol. The van der Waals surface area contributed by atoms with Gasteiger partial charge in [0, 0.05) is 0 Å². The lowest BCUT2D eigenvalue weighted by Crippen LogP contribution is -2.48. The first-order valence-corrected chi connectivity index (χ1v) is 5.46. The molecule has 0 aliphatic rings. The van der Waals surface area contributed by atoms with E-state index in [9.17, 15) is 9.59 Å². The topological polar surface area (TPSA) is 43.4 Å². The summed E-state index contributed by atoms with van der Waals surface area (Å²) in [6.07, 6.45) is 0. The summed E-state index contributed by atoms with van der Waals surface area (Å²) in [5.41, 5.74) is 0. The van der Waals surface area contributed by atoms with Gasteiger partial charge in [-0.05, 0) is 19.8 Å². The third kappa shape index (κ3) is 3.40. The Morgan fingerprint density at radius 1 is 1.31 bits per heavy atom. The molecule has 0 bridgehead atoms. The second-order valence-electron chi connectivity index (χ2n) is 3.85. The van der Waals surface area contributed by atoms with E-state index in [-0.39, 0.29) is 11.6 Å². The molecule has 0 rings (SSSR count). The summed E-state index contributed by atoms with van der Waals surface area (Å²) < 4.78 is 5.38. The predicted molar refractivity (Wildman–Crippen MR) is 54.8 cm³/mol. The van der Waals surface area contributed by atoms with Crippen LogP contribution in [0.2, 0.25) is 0 Å². The molecule has 0 heterocycles. The fourth-order valence-corrected chi connectivity index (χ4v) is 0.951. The van der Waals surface area contributed by atoms with Crippen LogP contribution in [0.25, 0.3) is 0 Å². The van der Waals surface area contributed by atoms with E-state index in [1.807, 2.05) is 13.8 Å². The van der Waals surface area contributed by atoms with E-state index < -0.39 is 5.22 Å². The van der Waals surface area contributed by atoms with Crippen LogP contribution in [0.5, 0.6) is 0 Å². The zero-order valence-electron chi connectivity index (χ0n) is 9.01. The molecule has 3 nitrogen and oxygen atoms in total. The van der Waals surface area contributed by atoms with Crippen LogP contribution in [0, 0.1) is 5.92 Å². The summed E-state index contributed by atoms with van der Waals surface area (Å²) in [6.45, 7) is 7.26. The van der Waals surface area contributed by atoms with Gasteiger partial charge in [-0.15, -0.1) is 0 Å². The summed E-state index contributed by atoms with van der Waals surface area (Å²) in [5.74, 6) is -0.00772. The zero-order valence-corrected chi connectivity index (χ0v) is 11.0. The van der Waals surface area contributed by atoms with E-state index >= 15 is 0 Å². The first-order valence-electron chi connectivity index (χ1n) is 4.46. The summed E-state index contributed by atoms with van der Waals surface area (Å²) >= 11 is 0. The number of hydrogen-bond donors (Lipinski definition) is 0. The van der Waals surface area contributed by atoms with Crippen molar-refractivity contribution in [2.45, 2.75) is 32.9 Å². The molecule has 0 aromatic rings. The highest BCUT2D eigenvalue weighted by atomic mass is 28.1. The van der Waals surface area contributed by atoms with Crippen LogP contribution < -0.4 is 0 Å². The van der Waals surface area contributed by atoms with Crippen LogP contribution in [-0.4, -0.2) is 33.6 Å². The van der Waals surface area contributed by atoms with Crippen LogP contribution in [0.15, 0.2) is 0 Å². The highest BCUT2D eigenvalue weighted by Gasteiger charge is 2.35. The van der Waals surface area contributed by atoms with E-state index in [4.69, 9.17) is 4.74 Å². The van der Waals surface area contributed by atoms with Gasteiger partial charge in [-0.3, -0.25) is 9.59 Å². The first kappa shape index (κ1) is 12.5. The maximum atomic E-state index is 11.2. The Morgan fingerprint density at radius 2 is 1.69 bits per heavy atom. The SMILES string of the molecule is CC(=O)C([SiH3])(OCC(C)C)C(C)=O. The number of Topliss-reactive ketones (excluding diaryl/α,β-unsaturated/α-hetero) is 2. The molecule has 0 aliphatic carbocycles. The largest absolute Gasteiger partial charge is 0.364 e. The van der Waals surface area contributed by atoms with Crippen LogP contribution in [0.4, 0.5) is 0 Å². The van der Waals surface area contributed by atoms with E-state index in [1.54, 1.807) is 0 Å². The van der Waals surface area contributed by atoms with Crippen molar-refractivity contribution < 1.29 is 14.3 Å². The van der Waals surface area contributed by atoms with E-state index in [2.05, 4.69) is 0 Å². The minimum Gasteiger partial charge on any atom is -0.364 e. The Balaban J connectivity index is 4.44. The smallest absolute Gasteiger partial charge is 0.164 e. The molecule has 0 N–H and O–H groups in total. The predicted octanol–water partition coefficient (Wildman–Crippen LogP) is -0.101. The van der Waals surface area contributed by atoms with Crippen molar-refractivity contribution in [2.24, 2.45) is 5.92 Å². The average Bonchev–Trinajstić information content (AvgIpc) is 1.99. The van der Waals surface area contributed by atoms with Crippen molar-refractivity contribution in [3.63, 3.8) is 0 Å². The molecule has 0 radical (unpaired) electrons. The maximum Gasteiger partial charge on any atom is 0.164 e. The van der Waals surface area contributed by atoms with E-state index in [0.717, 1.165) is 0 Å². The molecular weight excluding hydrogens is 184 g/mol. The van der Waals surface area contributed by atoms with Gasteiger partial charge in [0.2, 0.25) is 0 Å². The molecule has 0 aromatic carbocycles. The molecule has 0 saturated carbocycles.